The van der Waals surface area contributed by atoms with Crippen LogP contribution in [0.3, 0.4) is 0 Å². The van der Waals surface area contributed by atoms with Crippen LogP contribution in [-0.4, -0.2) is 83.8 Å². The van der Waals surface area contributed by atoms with Gasteiger partial charge in [-0.3, -0.25) is 9.48 Å². The van der Waals surface area contributed by atoms with Crippen molar-refractivity contribution in [3.63, 3.8) is 0 Å². The number of ether oxygens (including phenoxy) is 1. The van der Waals surface area contributed by atoms with Gasteiger partial charge in [-0.15, -0.1) is 0 Å². The van der Waals surface area contributed by atoms with Crippen LogP contribution in [0, 0.1) is 0 Å². The summed E-state index contributed by atoms with van der Waals surface area (Å²) in [7, 11) is -2.61. The number of hydrogen-bond acceptors (Lipinski definition) is 6. The molecule has 1 saturated heterocycles. The van der Waals surface area contributed by atoms with E-state index in [-0.39, 0.29) is 49.1 Å². The molecule has 2 aliphatic carbocycles. The van der Waals surface area contributed by atoms with Crippen LogP contribution in [0.15, 0.2) is 48.8 Å². The van der Waals surface area contributed by atoms with Crippen LogP contribution < -0.4 is 9.03 Å². The number of hydrogen-bond donors (Lipinski definition) is 1. The average molecular weight is 616 g/mol. The summed E-state index contributed by atoms with van der Waals surface area (Å²) in [6, 6.07) is 11.1. The Morgan fingerprint density at radius 2 is 1.74 bits per heavy atom. The molecule has 10 nitrogen and oxygen atoms in total. The van der Waals surface area contributed by atoms with E-state index in [1.165, 1.54) is 42.3 Å². The molecule has 0 spiro atoms. The normalized spacial score (nSPS) is 17.5. The standard InChI is InChI=1S/C31H37N5O5S.Na.H/c1-34-19-26(18-32-34)36(25-12-7-15-35(20-25)31(38)41-21-22-8-3-2-4-9-22)42(39,40)33-30(37)17-29-27-13-5-10-23(27)16-24-11-6-14-28(24)29;;/h2-4,8-9,16,18-19,25H,5-7,10-15,17,20-21H2,1H3,(H,33,37);;. The zero-order valence-electron chi connectivity index (χ0n) is 23.9. The van der Waals surface area contributed by atoms with Crippen molar-refractivity contribution >= 4 is 57.5 Å². The Morgan fingerprint density at radius 3 is 2.40 bits per heavy atom. The third kappa shape index (κ3) is 6.95. The van der Waals surface area contributed by atoms with Crippen LogP contribution in [0.25, 0.3) is 0 Å². The SMILES string of the molecule is Cn1cc(N(C2CCCN(C(=O)OCc3ccccc3)C2)S(=O)(=O)NC(=O)Cc2c3c(cc4c2CCC4)CCC3)cn1.[NaH]. The van der Waals surface area contributed by atoms with E-state index in [0.717, 1.165) is 49.7 Å². The Bertz CT molecular complexity index is 1560. The Labute approximate surface area is 275 Å². The van der Waals surface area contributed by atoms with E-state index in [4.69, 9.17) is 4.74 Å². The van der Waals surface area contributed by atoms with Gasteiger partial charge in [-0.1, -0.05) is 36.4 Å². The number of anilines is 1. The van der Waals surface area contributed by atoms with Gasteiger partial charge in [0.15, 0.2) is 0 Å². The van der Waals surface area contributed by atoms with Crippen LogP contribution >= 0.6 is 0 Å². The summed E-state index contributed by atoms with van der Waals surface area (Å²) in [5.74, 6) is -0.548. The molecule has 1 aliphatic heterocycles. The summed E-state index contributed by atoms with van der Waals surface area (Å²) in [6.45, 7) is 0.730. The maximum absolute atomic E-state index is 13.9. The van der Waals surface area contributed by atoms with Gasteiger partial charge < -0.3 is 9.64 Å². The molecular weight excluding hydrogens is 577 g/mol. The molecule has 2 aromatic carbocycles. The zero-order valence-corrected chi connectivity index (χ0v) is 24.7. The average Bonchev–Trinajstić information content (AvgIpc) is 3.73. The quantitative estimate of drug-likeness (QED) is 0.390. The van der Waals surface area contributed by atoms with E-state index in [2.05, 4.69) is 15.9 Å². The zero-order chi connectivity index (χ0) is 29.3. The second kappa shape index (κ2) is 13.4. The Hall–Kier alpha value is -2.86. The first kappa shape index (κ1) is 31.6. The number of carbonyl (C=O) groups is 2. The second-order valence-corrected chi connectivity index (χ2v) is 13.0. The van der Waals surface area contributed by atoms with E-state index in [0.29, 0.717) is 25.1 Å². The molecule has 0 saturated carbocycles. The molecule has 1 unspecified atom stereocenters. The molecule has 2 heterocycles. The summed E-state index contributed by atoms with van der Waals surface area (Å²) < 4.78 is 38.5. The number of benzene rings is 2. The van der Waals surface area contributed by atoms with Gasteiger partial charge in [0.1, 0.15) is 6.61 Å². The van der Waals surface area contributed by atoms with E-state index in [1.54, 1.807) is 13.2 Å². The van der Waals surface area contributed by atoms with E-state index in [9.17, 15) is 18.0 Å². The van der Waals surface area contributed by atoms with E-state index >= 15 is 0 Å². The number of piperidine rings is 1. The summed E-state index contributed by atoms with van der Waals surface area (Å²) in [5, 5.41) is 4.18. The molecule has 1 aromatic heterocycles. The minimum absolute atomic E-state index is 0. The Balaban J connectivity index is 0.00000368. The summed E-state index contributed by atoms with van der Waals surface area (Å²) >= 11 is 0. The number of aromatic nitrogens is 2. The fourth-order valence-corrected chi connectivity index (χ4v) is 8.12. The molecule has 224 valence electrons. The molecular formula is C31H38N5NaO5S. The van der Waals surface area contributed by atoms with Gasteiger partial charge >= 0.3 is 45.9 Å². The third-order valence-electron chi connectivity index (χ3n) is 8.57. The van der Waals surface area contributed by atoms with Crippen molar-refractivity contribution in [1.82, 2.24) is 19.4 Å². The fourth-order valence-electron chi connectivity index (χ4n) is 6.73. The summed E-state index contributed by atoms with van der Waals surface area (Å²) in [6.07, 6.45) is 9.72. The first-order valence-corrected chi connectivity index (χ1v) is 16.2. The number of likely N-dealkylation sites (tertiary alicyclic amines) is 1. The minimum atomic E-state index is -4.31. The van der Waals surface area contributed by atoms with Gasteiger partial charge in [-0.2, -0.15) is 13.5 Å². The van der Waals surface area contributed by atoms with Crippen LogP contribution in [0.4, 0.5) is 10.5 Å². The van der Waals surface area contributed by atoms with Crippen molar-refractivity contribution in [2.24, 2.45) is 7.05 Å². The molecule has 2 amide bonds. The molecule has 3 aliphatic rings. The molecule has 0 radical (unpaired) electrons. The number of fused-ring (bicyclic) bond motifs is 2. The van der Waals surface area contributed by atoms with Crippen molar-refractivity contribution in [1.29, 1.82) is 0 Å². The second-order valence-electron chi connectivity index (χ2n) is 11.5. The predicted octanol–water partition coefficient (Wildman–Crippen LogP) is 2.96. The van der Waals surface area contributed by atoms with Gasteiger partial charge in [0.25, 0.3) is 0 Å². The topological polar surface area (TPSA) is 114 Å². The van der Waals surface area contributed by atoms with Crippen molar-refractivity contribution in [2.75, 3.05) is 17.4 Å². The van der Waals surface area contributed by atoms with Crippen molar-refractivity contribution in [3.05, 3.63) is 82.2 Å². The molecule has 1 atom stereocenters. The molecule has 6 rings (SSSR count). The summed E-state index contributed by atoms with van der Waals surface area (Å²) in [5.41, 5.74) is 7.29. The first-order chi connectivity index (χ1) is 20.3. The Morgan fingerprint density at radius 1 is 1.05 bits per heavy atom. The predicted molar refractivity (Wildman–Crippen MR) is 165 cm³/mol. The summed E-state index contributed by atoms with van der Waals surface area (Å²) in [4.78, 5) is 27.9. The molecule has 12 heteroatoms. The maximum atomic E-state index is 13.9. The monoisotopic (exact) mass is 615 g/mol. The van der Waals surface area contributed by atoms with Crippen molar-refractivity contribution in [3.8, 4) is 0 Å². The van der Waals surface area contributed by atoms with E-state index < -0.39 is 28.3 Å². The fraction of sp³-hybridized carbons (Fsp3) is 0.452. The van der Waals surface area contributed by atoms with Gasteiger partial charge in [0, 0.05) is 26.3 Å². The number of nitrogens with zero attached hydrogens (tertiary/aromatic N) is 4. The van der Waals surface area contributed by atoms with Crippen LogP contribution in [0.1, 0.15) is 59.1 Å². The molecule has 0 bridgehead atoms. The number of rotatable bonds is 8. The van der Waals surface area contributed by atoms with Crippen LogP contribution in [0.2, 0.25) is 0 Å². The van der Waals surface area contributed by atoms with Crippen LogP contribution in [-0.2, 0) is 65.5 Å². The first-order valence-electron chi connectivity index (χ1n) is 14.7. The van der Waals surface area contributed by atoms with Crippen molar-refractivity contribution < 1.29 is 22.7 Å². The van der Waals surface area contributed by atoms with Gasteiger partial charge in [0.2, 0.25) is 5.91 Å². The van der Waals surface area contributed by atoms with Crippen molar-refractivity contribution in [2.45, 2.75) is 70.4 Å². The third-order valence-corrected chi connectivity index (χ3v) is 10.1. The Kier molecular flexibility index (Phi) is 9.85. The number of carbonyl (C=O) groups excluding carboxylic acids is 2. The molecule has 1 fully saturated rings. The van der Waals surface area contributed by atoms with Crippen LogP contribution in [0.5, 0.6) is 0 Å². The molecule has 3 aromatic rings. The van der Waals surface area contributed by atoms with E-state index in [1.807, 2.05) is 30.3 Å². The van der Waals surface area contributed by atoms with Gasteiger partial charge in [0.05, 0.1) is 24.3 Å². The number of nitrogens with one attached hydrogen (secondary N) is 1. The van der Waals surface area contributed by atoms with Gasteiger partial charge in [-0.05, 0) is 84.7 Å². The van der Waals surface area contributed by atoms with Gasteiger partial charge in [-0.25, -0.2) is 13.8 Å². The molecule has 43 heavy (non-hydrogen) atoms. The molecule has 1 N–H and O–H groups in total. The number of amides is 2. The number of aryl methyl sites for hydroxylation is 3.